The van der Waals surface area contributed by atoms with Gasteiger partial charge in [0.2, 0.25) is 11.8 Å². The van der Waals surface area contributed by atoms with Crippen LogP contribution < -0.4 is 10.6 Å². The van der Waals surface area contributed by atoms with Crippen molar-refractivity contribution in [1.82, 2.24) is 45.5 Å². The summed E-state index contributed by atoms with van der Waals surface area (Å²) in [5.41, 5.74) is 1.58. The highest BCUT2D eigenvalue weighted by Crippen LogP contribution is 1.95. The predicted octanol–water partition coefficient (Wildman–Crippen LogP) is -0.898. The van der Waals surface area contributed by atoms with E-state index >= 15 is 0 Å². The molecule has 0 aliphatic heterocycles. The highest BCUT2D eigenvalue weighted by Gasteiger charge is 2.07. The van der Waals surface area contributed by atoms with Crippen molar-refractivity contribution in [1.29, 1.82) is 0 Å². The Morgan fingerprint density at radius 2 is 1.00 bits per heavy atom. The topological polar surface area (TPSA) is 206 Å². The van der Waals surface area contributed by atoms with Crippen LogP contribution in [0.25, 0.3) is 0 Å². The van der Waals surface area contributed by atoms with Crippen LogP contribution in [-0.4, -0.2) is 192 Å². The van der Waals surface area contributed by atoms with Crippen LogP contribution in [0.1, 0.15) is 24.7 Å². The van der Waals surface area contributed by atoms with Crippen molar-refractivity contribution < 1.29 is 52.2 Å². The maximum absolute atomic E-state index is 11.2. The zero-order valence-corrected chi connectivity index (χ0v) is 32.5. The van der Waals surface area contributed by atoms with E-state index in [1.54, 1.807) is 22.6 Å². The zero-order chi connectivity index (χ0) is 38.7. The lowest BCUT2D eigenvalue weighted by Crippen LogP contribution is -2.34. The Kier molecular flexibility index (Phi) is 28.9. The molecule has 0 atom stereocenters. The molecule has 0 aromatic carbocycles. The number of carbonyl (C=O) groups excluding carboxylic acids is 2. The standard InChI is InChI=1S/C34H63N9O11/c1-31-29-42(39-37-31)8-14-50-20-26-53-24-18-48-12-6-41(5-11-47-17-23-52-22-16-46-10-4-34(45)35-3)7-13-49-19-25-54-27-21-51-15-9-43-30-33(38-40-43)28-36-32(2)44/h29-30H,4-28H2,1-3H3,(H,35,45)(H,36,44). The van der Waals surface area contributed by atoms with Gasteiger partial charge in [0, 0.05) is 46.2 Å². The van der Waals surface area contributed by atoms with E-state index in [1.807, 2.05) is 13.1 Å². The molecule has 2 amide bonds. The van der Waals surface area contributed by atoms with Gasteiger partial charge in [-0.3, -0.25) is 14.5 Å². The molecule has 2 heterocycles. The Hall–Kier alpha value is -3.18. The summed E-state index contributed by atoms with van der Waals surface area (Å²) in [6.45, 7) is 15.8. The first-order valence-corrected chi connectivity index (χ1v) is 18.6. The van der Waals surface area contributed by atoms with Gasteiger partial charge in [-0.05, 0) is 6.92 Å². The molecule has 310 valence electrons. The maximum atomic E-state index is 11.2. The SMILES string of the molecule is CNC(=O)CCOCCOCCOCCN(CCOCCOCCOCCn1cc(C)nn1)CCOCCOCCOCCn1cc(CNC(C)=O)nn1. The molecule has 2 rings (SSSR count). The van der Waals surface area contributed by atoms with Gasteiger partial charge in [0.1, 0.15) is 5.69 Å². The van der Waals surface area contributed by atoms with Crippen LogP contribution in [0.2, 0.25) is 0 Å². The number of aryl methyl sites for hydroxylation is 1. The van der Waals surface area contributed by atoms with Crippen molar-refractivity contribution in [2.75, 3.05) is 146 Å². The third-order valence-corrected chi connectivity index (χ3v) is 7.33. The van der Waals surface area contributed by atoms with E-state index in [-0.39, 0.29) is 11.8 Å². The van der Waals surface area contributed by atoms with Crippen LogP contribution in [0.3, 0.4) is 0 Å². The van der Waals surface area contributed by atoms with Crippen molar-refractivity contribution >= 4 is 11.8 Å². The van der Waals surface area contributed by atoms with Crippen LogP contribution in [0, 0.1) is 6.92 Å². The number of hydrogen-bond donors (Lipinski definition) is 2. The predicted molar refractivity (Wildman–Crippen MR) is 195 cm³/mol. The summed E-state index contributed by atoms with van der Waals surface area (Å²) in [5.74, 6) is -0.157. The summed E-state index contributed by atoms with van der Waals surface area (Å²) < 4.78 is 54.2. The van der Waals surface area contributed by atoms with Crippen molar-refractivity contribution in [3.05, 3.63) is 23.8 Å². The minimum absolute atomic E-state index is 0.0463. The third kappa shape index (κ3) is 27.4. The number of carbonyl (C=O) groups is 2. The van der Waals surface area contributed by atoms with Crippen LogP contribution in [-0.2, 0) is 71.9 Å². The summed E-state index contributed by atoms with van der Waals surface area (Å²) in [7, 11) is 1.60. The fraction of sp³-hybridized carbons (Fsp3) is 0.824. The summed E-state index contributed by atoms with van der Waals surface area (Å²) in [6, 6.07) is 0. The molecule has 0 unspecified atom stereocenters. The fourth-order valence-electron chi connectivity index (χ4n) is 4.40. The molecule has 0 fully saturated rings. The van der Waals surface area contributed by atoms with E-state index in [1.165, 1.54) is 6.92 Å². The number of hydrogen-bond acceptors (Lipinski definition) is 16. The zero-order valence-electron chi connectivity index (χ0n) is 32.5. The smallest absolute Gasteiger partial charge is 0.222 e. The Labute approximate surface area is 318 Å². The summed E-state index contributed by atoms with van der Waals surface area (Å²) in [5, 5.41) is 21.2. The molecule has 0 aliphatic carbocycles. The average molecular weight is 774 g/mol. The second kappa shape index (κ2) is 33.2. The van der Waals surface area contributed by atoms with Crippen LogP contribution in [0.15, 0.2) is 12.4 Å². The number of nitrogens with one attached hydrogen (secondary N) is 2. The first-order chi connectivity index (χ1) is 26.5. The molecule has 2 aromatic heterocycles. The second-order valence-corrected chi connectivity index (χ2v) is 11.8. The lowest BCUT2D eigenvalue weighted by Gasteiger charge is -2.22. The molecular formula is C34H63N9O11. The monoisotopic (exact) mass is 773 g/mol. The molecule has 0 radical (unpaired) electrons. The summed E-state index contributed by atoms with van der Waals surface area (Å²) >= 11 is 0. The van der Waals surface area contributed by atoms with Crippen molar-refractivity contribution in [3.8, 4) is 0 Å². The van der Waals surface area contributed by atoms with Crippen LogP contribution >= 0.6 is 0 Å². The van der Waals surface area contributed by atoms with Gasteiger partial charge in [-0.2, -0.15) is 0 Å². The fourth-order valence-corrected chi connectivity index (χ4v) is 4.40. The quantitative estimate of drug-likeness (QED) is 0.0794. The van der Waals surface area contributed by atoms with Gasteiger partial charge < -0.3 is 53.3 Å². The Bertz CT molecular complexity index is 1190. The number of amides is 2. The minimum Gasteiger partial charge on any atom is -0.379 e. The largest absolute Gasteiger partial charge is 0.379 e. The molecule has 0 saturated heterocycles. The number of ether oxygens (including phenoxy) is 9. The summed E-state index contributed by atoms with van der Waals surface area (Å²) in [6.07, 6.45) is 4.00. The highest BCUT2D eigenvalue weighted by atomic mass is 16.6. The first-order valence-electron chi connectivity index (χ1n) is 18.6. The third-order valence-electron chi connectivity index (χ3n) is 7.33. The average Bonchev–Trinajstić information content (AvgIpc) is 3.81. The van der Waals surface area contributed by atoms with E-state index < -0.39 is 0 Å². The van der Waals surface area contributed by atoms with E-state index in [2.05, 4.69) is 36.2 Å². The molecule has 20 heteroatoms. The van der Waals surface area contributed by atoms with Gasteiger partial charge >= 0.3 is 0 Å². The maximum Gasteiger partial charge on any atom is 0.222 e. The molecule has 0 aliphatic rings. The van der Waals surface area contributed by atoms with E-state index in [0.29, 0.717) is 151 Å². The molecular weight excluding hydrogens is 710 g/mol. The second-order valence-electron chi connectivity index (χ2n) is 11.8. The van der Waals surface area contributed by atoms with Crippen molar-refractivity contribution in [2.24, 2.45) is 0 Å². The van der Waals surface area contributed by atoms with E-state index in [9.17, 15) is 9.59 Å². The number of rotatable bonds is 38. The van der Waals surface area contributed by atoms with Gasteiger partial charge in [0.15, 0.2) is 0 Å². The number of nitrogens with zero attached hydrogens (tertiary/aromatic N) is 7. The van der Waals surface area contributed by atoms with Gasteiger partial charge in [-0.15, -0.1) is 10.2 Å². The highest BCUT2D eigenvalue weighted by molar-refractivity contribution is 5.75. The van der Waals surface area contributed by atoms with E-state index in [4.69, 9.17) is 42.6 Å². The number of aromatic nitrogens is 6. The Morgan fingerprint density at radius 3 is 1.43 bits per heavy atom. The van der Waals surface area contributed by atoms with Crippen molar-refractivity contribution in [3.63, 3.8) is 0 Å². The van der Waals surface area contributed by atoms with Gasteiger partial charge in [-0.25, -0.2) is 9.36 Å². The van der Waals surface area contributed by atoms with E-state index in [0.717, 1.165) is 25.3 Å². The molecule has 0 spiro atoms. The molecule has 2 aromatic rings. The lowest BCUT2D eigenvalue weighted by atomic mass is 10.4. The molecule has 2 N–H and O–H groups in total. The van der Waals surface area contributed by atoms with Crippen molar-refractivity contribution in [2.45, 2.75) is 39.9 Å². The van der Waals surface area contributed by atoms with Gasteiger partial charge in [-0.1, -0.05) is 10.4 Å². The lowest BCUT2D eigenvalue weighted by molar-refractivity contribution is -0.122. The summed E-state index contributed by atoms with van der Waals surface area (Å²) in [4.78, 5) is 24.4. The first kappa shape index (κ1) is 47.0. The minimum atomic E-state index is -0.110. The molecule has 0 saturated carbocycles. The molecule has 20 nitrogen and oxygen atoms in total. The Morgan fingerprint density at radius 1 is 0.593 bits per heavy atom. The molecule has 54 heavy (non-hydrogen) atoms. The normalized spacial score (nSPS) is 11.5. The van der Waals surface area contributed by atoms with Crippen LogP contribution in [0.4, 0.5) is 0 Å². The molecule has 0 bridgehead atoms. The van der Waals surface area contributed by atoms with Gasteiger partial charge in [0.25, 0.3) is 0 Å². The van der Waals surface area contributed by atoms with Gasteiger partial charge in [0.05, 0.1) is 150 Å². The van der Waals surface area contributed by atoms with Crippen LogP contribution in [0.5, 0.6) is 0 Å². The Balaban J connectivity index is 1.49.